The maximum atomic E-state index is 10.0. The lowest BCUT2D eigenvalue weighted by atomic mass is 9.99. The molecule has 0 aliphatic carbocycles. The van der Waals surface area contributed by atoms with E-state index in [0.29, 0.717) is 92.1 Å². The first kappa shape index (κ1) is 25.7. The third-order valence-electron chi connectivity index (χ3n) is 3.78. The molecule has 0 unspecified atom stereocenters. The highest BCUT2D eigenvalue weighted by molar-refractivity contribution is 4.73. The summed E-state index contributed by atoms with van der Waals surface area (Å²) in [4.78, 5) is 0. The van der Waals surface area contributed by atoms with Crippen LogP contribution < -0.4 is 0 Å². The van der Waals surface area contributed by atoms with Crippen LogP contribution in [0.1, 0.15) is 26.7 Å². The molecule has 0 radical (unpaired) electrons. The zero-order valence-corrected chi connectivity index (χ0v) is 16.5. The van der Waals surface area contributed by atoms with Crippen LogP contribution in [0, 0.1) is 0 Å². The molecule has 0 amide bonds. The predicted octanol–water partition coefficient (Wildman–Crippen LogP) is 0.629. The van der Waals surface area contributed by atoms with E-state index < -0.39 is 5.60 Å². The van der Waals surface area contributed by atoms with E-state index >= 15 is 0 Å². The second-order valence-corrected chi connectivity index (χ2v) is 5.77. The zero-order valence-electron chi connectivity index (χ0n) is 16.5. The molecule has 0 saturated carbocycles. The molecule has 0 aromatic carbocycles. The first-order valence-electron chi connectivity index (χ1n) is 9.48. The number of ether oxygens (including phenoxy) is 6. The molecule has 8 heteroatoms. The van der Waals surface area contributed by atoms with Gasteiger partial charge >= 0.3 is 0 Å². The van der Waals surface area contributed by atoms with Gasteiger partial charge in [0.1, 0.15) is 0 Å². The second-order valence-electron chi connectivity index (χ2n) is 5.77. The van der Waals surface area contributed by atoms with Gasteiger partial charge in [0.2, 0.25) is 0 Å². The lowest BCUT2D eigenvalue weighted by molar-refractivity contribution is -0.0657. The van der Waals surface area contributed by atoms with Crippen molar-refractivity contribution in [2.45, 2.75) is 32.3 Å². The summed E-state index contributed by atoms with van der Waals surface area (Å²) in [5.74, 6) is 0. The van der Waals surface area contributed by atoms with Gasteiger partial charge < -0.3 is 38.6 Å². The fourth-order valence-corrected chi connectivity index (χ4v) is 1.88. The van der Waals surface area contributed by atoms with E-state index in [1.54, 1.807) is 0 Å². The second kappa shape index (κ2) is 19.4. The molecule has 0 rings (SSSR count). The van der Waals surface area contributed by atoms with Crippen LogP contribution in [-0.2, 0) is 28.4 Å². The summed E-state index contributed by atoms with van der Waals surface area (Å²) < 4.78 is 31.9. The number of hydrogen-bond donors (Lipinski definition) is 2. The SMILES string of the molecule is CCC(O)(CC)COCCOCCOCCOCCOCCOCCO. The largest absolute Gasteiger partial charge is 0.394 e. The van der Waals surface area contributed by atoms with Gasteiger partial charge in [0.15, 0.2) is 0 Å². The van der Waals surface area contributed by atoms with E-state index in [0.717, 1.165) is 0 Å². The third-order valence-corrected chi connectivity index (χ3v) is 3.78. The van der Waals surface area contributed by atoms with Crippen LogP contribution in [0.5, 0.6) is 0 Å². The van der Waals surface area contributed by atoms with Crippen LogP contribution in [0.3, 0.4) is 0 Å². The number of rotatable bonds is 21. The van der Waals surface area contributed by atoms with Crippen molar-refractivity contribution in [3.63, 3.8) is 0 Å². The highest BCUT2D eigenvalue weighted by Gasteiger charge is 2.21. The predicted molar refractivity (Wildman–Crippen MR) is 97.5 cm³/mol. The Morgan fingerprint density at radius 3 is 1.15 bits per heavy atom. The average molecular weight is 382 g/mol. The van der Waals surface area contributed by atoms with Crippen molar-refractivity contribution in [3.8, 4) is 0 Å². The Bertz CT molecular complexity index is 274. The topological polar surface area (TPSA) is 95.8 Å². The molecule has 0 saturated heterocycles. The fourth-order valence-electron chi connectivity index (χ4n) is 1.88. The number of hydrogen-bond acceptors (Lipinski definition) is 8. The van der Waals surface area contributed by atoms with Gasteiger partial charge in [0.25, 0.3) is 0 Å². The van der Waals surface area contributed by atoms with Crippen molar-refractivity contribution < 1.29 is 38.6 Å². The van der Waals surface area contributed by atoms with E-state index in [1.807, 2.05) is 13.8 Å². The molecule has 158 valence electrons. The van der Waals surface area contributed by atoms with Gasteiger partial charge in [-0.1, -0.05) is 13.8 Å². The van der Waals surface area contributed by atoms with Crippen LogP contribution in [-0.4, -0.2) is 102 Å². The fraction of sp³-hybridized carbons (Fsp3) is 1.00. The highest BCUT2D eigenvalue weighted by Crippen LogP contribution is 2.14. The van der Waals surface area contributed by atoms with E-state index in [2.05, 4.69) is 0 Å². The lowest BCUT2D eigenvalue weighted by Crippen LogP contribution is -2.33. The van der Waals surface area contributed by atoms with E-state index in [9.17, 15) is 5.11 Å². The molecule has 0 bridgehead atoms. The summed E-state index contributed by atoms with van der Waals surface area (Å²) in [6, 6.07) is 0. The van der Waals surface area contributed by atoms with Crippen molar-refractivity contribution in [2.75, 3.05) is 85.9 Å². The molecule has 0 aromatic rings. The molecule has 0 aliphatic heterocycles. The Morgan fingerprint density at radius 2 is 0.846 bits per heavy atom. The molecule has 26 heavy (non-hydrogen) atoms. The maximum absolute atomic E-state index is 10.0. The lowest BCUT2D eigenvalue weighted by Gasteiger charge is -2.24. The highest BCUT2D eigenvalue weighted by atomic mass is 16.6. The molecular formula is C18H38O8. The number of aliphatic hydroxyl groups excluding tert-OH is 1. The normalized spacial score (nSPS) is 12.0. The Labute approximate surface area is 157 Å². The Morgan fingerprint density at radius 1 is 0.538 bits per heavy atom. The number of aliphatic hydroxyl groups is 2. The zero-order chi connectivity index (χ0) is 19.3. The van der Waals surface area contributed by atoms with E-state index in [4.69, 9.17) is 33.5 Å². The van der Waals surface area contributed by atoms with E-state index in [-0.39, 0.29) is 6.61 Å². The summed E-state index contributed by atoms with van der Waals surface area (Å²) in [5, 5.41) is 18.6. The molecule has 0 aliphatic rings. The van der Waals surface area contributed by atoms with E-state index in [1.165, 1.54) is 0 Å². The smallest absolute Gasteiger partial charge is 0.0874 e. The quantitative estimate of drug-likeness (QED) is 0.279. The summed E-state index contributed by atoms with van der Waals surface area (Å²) in [6.07, 6.45) is 1.37. The van der Waals surface area contributed by atoms with Gasteiger partial charge in [-0.15, -0.1) is 0 Å². The van der Waals surface area contributed by atoms with Crippen molar-refractivity contribution in [1.82, 2.24) is 0 Å². The molecule has 0 spiro atoms. The molecular weight excluding hydrogens is 344 g/mol. The Balaban J connectivity index is 3.11. The van der Waals surface area contributed by atoms with Gasteiger partial charge in [-0.2, -0.15) is 0 Å². The van der Waals surface area contributed by atoms with Crippen molar-refractivity contribution in [1.29, 1.82) is 0 Å². The maximum Gasteiger partial charge on any atom is 0.0874 e. The standard InChI is InChI=1S/C18H38O8/c1-3-18(20,4-2)17-26-16-15-25-14-13-24-12-11-23-10-9-22-8-7-21-6-5-19/h19-20H,3-17H2,1-2H3. The monoisotopic (exact) mass is 382 g/mol. The molecule has 0 fully saturated rings. The summed E-state index contributed by atoms with van der Waals surface area (Å²) in [6.45, 7) is 9.62. The van der Waals surface area contributed by atoms with Crippen molar-refractivity contribution in [2.24, 2.45) is 0 Å². The summed E-state index contributed by atoms with van der Waals surface area (Å²) in [5.41, 5.74) is -0.720. The first-order valence-corrected chi connectivity index (χ1v) is 9.48. The van der Waals surface area contributed by atoms with Crippen LogP contribution >= 0.6 is 0 Å². The average Bonchev–Trinajstić information content (AvgIpc) is 2.66. The molecule has 2 N–H and O–H groups in total. The van der Waals surface area contributed by atoms with Gasteiger partial charge in [0.05, 0.1) is 91.5 Å². The first-order chi connectivity index (χ1) is 12.7. The van der Waals surface area contributed by atoms with Crippen molar-refractivity contribution in [3.05, 3.63) is 0 Å². The third kappa shape index (κ3) is 17.1. The minimum Gasteiger partial charge on any atom is -0.394 e. The molecule has 8 nitrogen and oxygen atoms in total. The van der Waals surface area contributed by atoms with Gasteiger partial charge in [-0.25, -0.2) is 0 Å². The summed E-state index contributed by atoms with van der Waals surface area (Å²) in [7, 11) is 0. The van der Waals surface area contributed by atoms with Crippen LogP contribution in [0.2, 0.25) is 0 Å². The van der Waals surface area contributed by atoms with Gasteiger partial charge in [-0.05, 0) is 12.8 Å². The Hall–Kier alpha value is -0.320. The van der Waals surface area contributed by atoms with Gasteiger partial charge in [0, 0.05) is 0 Å². The molecule has 0 atom stereocenters. The van der Waals surface area contributed by atoms with Crippen LogP contribution in [0.25, 0.3) is 0 Å². The van der Waals surface area contributed by atoms with Gasteiger partial charge in [-0.3, -0.25) is 0 Å². The minimum absolute atomic E-state index is 0.0319. The van der Waals surface area contributed by atoms with Crippen LogP contribution in [0.4, 0.5) is 0 Å². The van der Waals surface area contributed by atoms with Crippen molar-refractivity contribution >= 4 is 0 Å². The Kier molecular flexibility index (Phi) is 19.2. The van der Waals surface area contributed by atoms with Crippen LogP contribution in [0.15, 0.2) is 0 Å². The summed E-state index contributed by atoms with van der Waals surface area (Å²) >= 11 is 0. The molecule has 0 heterocycles. The molecule has 0 aromatic heterocycles. The minimum atomic E-state index is -0.720.